The predicted octanol–water partition coefficient (Wildman–Crippen LogP) is 2.03. The van der Waals surface area contributed by atoms with Crippen LogP contribution in [0.2, 0.25) is 0 Å². The average molecular weight is 287 g/mol. The van der Waals surface area contributed by atoms with Gasteiger partial charge in [-0.15, -0.1) is 0 Å². The molecule has 0 spiro atoms. The van der Waals surface area contributed by atoms with Gasteiger partial charge >= 0.3 is 0 Å². The van der Waals surface area contributed by atoms with Crippen molar-refractivity contribution < 1.29 is 18.7 Å². The van der Waals surface area contributed by atoms with Gasteiger partial charge in [0.05, 0.1) is 18.4 Å². The lowest BCUT2D eigenvalue weighted by atomic mass is 10.1. The van der Waals surface area contributed by atoms with Crippen LogP contribution in [-0.4, -0.2) is 29.6 Å². The summed E-state index contributed by atoms with van der Waals surface area (Å²) in [6.07, 6.45) is 1.51. The van der Waals surface area contributed by atoms with Crippen molar-refractivity contribution in [2.75, 3.05) is 13.7 Å². The number of carbonyl (C=O) groups is 1. The maximum Gasteiger partial charge on any atom is 0.257 e. The largest absolute Gasteiger partial charge is 0.467 e. The van der Waals surface area contributed by atoms with E-state index >= 15 is 0 Å². The predicted molar refractivity (Wildman–Crippen MR) is 74.9 cm³/mol. The first kappa shape index (κ1) is 14.8. The van der Waals surface area contributed by atoms with Crippen LogP contribution in [0.15, 0.2) is 41.0 Å². The molecule has 0 atom stereocenters. The number of rotatable bonds is 3. The molecule has 1 aromatic carbocycles. The molecule has 0 saturated heterocycles. The zero-order valence-electron chi connectivity index (χ0n) is 11.5. The Balaban J connectivity index is 2.21. The number of halogens is 1. The minimum absolute atomic E-state index is 0.0613. The van der Waals surface area contributed by atoms with Crippen LogP contribution in [0.1, 0.15) is 21.7 Å². The monoisotopic (exact) mass is 287 g/mol. The molecule has 2 rings (SSSR count). The normalized spacial score (nSPS) is 9.86. The van der Waals surface area contributed by atoms with E-state index in [1.165, 1.54) is 29.4 Å². The fraction of sp³-hybridized carbons (Fsp3) is 0.188. The Morgan fingerprint density at radius 2 is 2.24 bits per heavy atom. The Kier molecular flexibility index (Phi) is 4.75. The maximum absolute atomic E-state index is 13.8. The van der Waals surface area contributed by atoms with Crippen molar-refractivity contribution in [1.29, 1.82) is 0 Å². The molecule has 0 bridgehead atoms. The summed E-state index contributed by atoms with van der Waals surface area (Å²) in [5, 5.41) is 8.66. The number of carbonyl (C=O) groups excluding carboxylic acids is 1. The van der Waals surface area contributed by atoms with Crippen LogP contribution in [0.3, 0.4) is 0 Å². The van der Waals surface area contributed by atoms with Crippen LogP contribution in [0.5, 0.6) is 0 Å². The second-order valence-electron chi connectivity index (χ2n) is 4.40. The molecule has 1 amide bonds. The van der Waals surface area contributed by atoms with Crippen molar-refractivity contribution >= 4 is 5.91 Å². The van der Waals surface area contributed by atoms with E-state index in [9.17, 15) is 9.18 Å². The molecular formula is C16H14FNO3. The molecule has 0 radical (unpaired) electrons. The third-order valence-corrected chi connectivity index (χ3v) is 2.83. The van der Waals surface area contributed by atoms with E-state index in [4.69, 9.17) is 9.52 Å². The Hall–Kier alpha value is -2.58. The number of benzene rings is 1. The number of amides is 1. The first-order valence-corrected chi connectivity index (χ1v) is 6.29. The van der Waals surface area contributed by atoms with Gasteiger partial charge in [0.2, 0.25) is 0 Å². The highest BCUT2D eigenvalue weighted by Crippen LogP contribution is 2.14. The van der Waals surface area contributed by atoms with Gasteiger partial charge in [0.15, 0.2) is 0 Å². The molecule has 1 heterocycles. The van der Waals surface area contributed by atoms with E-state index in [0.29, 0.717) is 11.3 Å². The first-order chi connectivity index (χ1) is 10.1. The molecule has 0 fully saturated rings. The van der Waals surface area contributed by atoms with Crippen molar-refractivity contribution in [3.8, 4) is 11.8 Å². The molecule has 4 nitrogen and oxygen atoms in total. The summed E-state index contributed by atoms with van der Waals surface area (Å²) in [5.41, 5.74) is 0.411. The van der Waals surface area contributed by atoms with Crippen molar-refractivity contribution in [3.63, 3.8) is 0 Å². The average Bonchev–Trinajstić information content (AvgIpc) is 2.98. The van der Waals surface area contributed by atoms with E-state index < -0.39 is 11.7 Å². The van der Waals surface area contributed by atoms with Crippen molar-refractivity contribution in [3.05, 3.63) is 59.3 Å². The maximum atomic E-state index is 13.8. The number of hydrogen-bond donors (Lipinski definition) is 1. The summed E-state index contributed by atoms with van der Waals surface area (Å²) < 4.78 is 19.0. The Morgan fingerprint density at radius 1 is 1.43 bits per heavy atom. The number of furan rings is 1. The molecule has 2 aromatic rings. The van der Waals surface area contributed by atoms with E-state index in [1.807, 2.05) is 0 Å². The highest BCUT2D eigenvalue weighted by Gasteiger charge is 2.17. The Morgan fingerprint density at radius 3 is 2.90 bits per heavy atom. The Labute approximate surface area is 121 Å². The molecule has 0 aliphatic carbocycles. The van der Waals surface area contributed by atoms with Crippen molar-refractivity contribution in [2.24, 2.45) is 0 Å². The molecule has 5 heteroatoms. The summed E-state index contributed by atoms with van der Waals surface area (Å²) >= 11 is 0. The van der Waals surface area contributed by atoms with E-state index in [-0.39, 0.29) is 18.7 Å². The summed E-state index contributed by atoms with van der Waals surface area (Å²) in [6, 6.07) is 7.48. The van der Waals surface area contributed by atoms with Crippen molar-refractivity contribution in [2.45, 2.75) is 6.54 Å². The van der Waals surface area contributed by atoms with Gasteiger partial charge in [0.25, 0.3) is 5.91 Å². The summed E-state index contributed by atoms with van der Waals surface area (Å²) in [6.45, 7) is -0.0448. The summed E-state index contributed by atoms with van der Waals surface area (Å²) in [5.74, 6) is 4.65. The summed E-state index contributed by atoms with van der Waals surface area (Å²) in [7, 11) is 1.57. The van der Waals surface area contributed by atoms with Crippen LogP contribution < -0.4 is 0 Å². The van der Waals surface area contributed by atoms with Gasteiger partial charge in [0.1, 0.15) is 18.2 Å². The second-order valence-corrected chi connectivity index (χ2v) is 4.40. The van der Waals surface area contributed by atoms with Gasteiger partial charge in [-0.1, -0.05) is 11.8 Å². The van der Waals surface area contributed by atoms with Crippen LogP contribution in [-0.2, 0) is 6.54 Å². The molecule has 0 saturated carbocycles. The van der Waals surface area contributed by atoms with E-state index in [1.54, 1.807) is 19.2 Å². The summed E-state index contributed by atoms with van der Waals surface area (Å²) in [4.78, 5) is 13.6. The van der Waals surface area contributed by atoms with Gasteiger partial charge in [-0.3, -0.25) is 4.79 Å². The third kappa shape index (κ3) is 3.71. The second kappa shape index (κ2) is 6.73. The quantitative estimate of drug-likeness (QED) is 0.879. The molecule has 108 valence electrons. The lowest BCUT2D eigenvalue weighted by molar-refractivity contribution is 0.0770. The molecular weight excluding hydrogens is 273 g/mol. The highest BCUT2D eigenvalue weighted by atomic mass is 19.1. The molecule has 1 aromatic heterocycles. The minimum Gasteiger partial charge on any atom is -0.467 e. The standard InChI is InChI=1S/C16H14FNO3/c1-18(11-13-5-3-9-21-13)16(20)14-10-12(4-2-8-19)6-7-15(14)17/h3,5-7,9-10,19H,8,11H2,1H3. The fourth-order valence-electron chi connectivity index (χ4n) is 1.82. The van der Waals surface area contributed by atoms with Crippen LogP contribution >= 0.6 is 0 Å². The highest BCUT2D eigenvalue weighted by molar-refractivity contribution is 5.94. The van der Waals surface area contributed by atoms with Gasteiger partial charge in [-0.05, 0) is 30.3 Å². The van der Waals surface area contributed by atoms with Gasteiger partial charge in [-0.2, -0.15) is 0 Å². The molecule has 0 unspecified atom stereocenters. The fourth-order valence-corrected chi connectivity index (χ4v) is 1.82. The minimum atomic E-state index is -0.610. The number of aliphatic hydroxyl groups excluding tert-OH is 1. The molecule has 21 heavy (non-hydrogen) atoms. The number of aliphatic hydroxyl groups is 1. The van der Waals surface area contributed by atoms with Gasteiger partial charge < -0.3 is 14.4 Å². The molecule has 1 N–H and O–H groups in total. The molecule has 0 aliphatic rings. The van der Waals surface area contributed by atoms with Crippen LogP contribution in [0.4, 0.5) is 4.39 Å². The SMILES string of the molecule is CN(Cc1ccco1)C(=O)c1cc(C#CCO)ccc1F. The van der Waals surface area contributed by atoms with Gasteiger partial charge in [0, 0.05) is 12.6 Å². The third-order valence-electron chi connectivity index (χ3n) is 2.83. The number of hydrogen-bond acceptors (Lipinski definition) is 3. The van der Waals surface area contributed by atoms with Crippen LogP contribution in [0.25, 0.3) is 0 Å². The van der Waals surface area contributed by atoms with Crippen molar-refractivity contribution in [1.82, 2.24) is 4.90 Å². The van der Waals surface area contributed by atoms with Crippen LogP contribution in [0, 0.1) is 17.7 Å². The lowest BCUT2D eigenvalue weighted by Gasteiger charge is -2.16. The lowest BCUT2D eigenvalue weighted by Crippen LogP contribution is -2.27. The topological polar surface area (TPSA) is 53.7 Å². The van der Waals surface area contributed by atoms with E-state index in [2.05, 4.69) is 11.8 Å². The zero-order valence-corrected chi connectivity index (χ0v) is 11.5. The smallest absolute Gasteiger partial charge is 0.257 e. The number of nitrogens with zero attached hydrogens (tertiary/aromatic N) is 1. The first-order valence-electron chi connectivity index (χ1n) is 6.29. The Bertz CT molecular complexity index is 683. The zero-order chi connectivity index (χ0) is 15.2. The van der Waals surface area contributed by atoms with Gasteiger partial charge in [-0.25, -0.2) is 4.39 Å². The molecule has 0 aliphatic heterocycles. The van der Waals surface area contributed by atoms with E-state index in [0.717, 1.165) is 0 Å².